The molecular formula is C23H28ClN5OS. The van der Waals surface area contributed by atoms with Crippen LogP contribution in [0.1, 0.15) is 44.8 Å². The predicted molar refractivity (Wildman–Crippen MR) is 126 cm³/mol. The van der Waals surface area contributed by atoms with E-state index < -0.39 is 0 Å². The first-order valence-corrected chi connectivity index (χ1v) is 11.9. The normalized spacial score (nSPS) is 14.9. The van der Waals surface area contributed by atoms with Crippen LogP contribution >= 0.6 is 22.9 Å². The van der Waals surface area contributed by atoms with Crippen LogP contribution in [0.4, 0.5) is 0 Å². The van der Waals surface area contributed by atoms with Gasteiger partial charge in [0.15, 0.2) is 0 Å². The molecule has 0 unspecified atom stereocenters. The topological polar surface area (TPSA) is 54.3 Å². The van der Waals surface area contributed by atoms with Gasteiger partial charge in [0.05, 0.1) is 11.4 Å². The lowest BCUT2D eigenvalue weighted by molar-refractivity contribution is 0.0647. The average molecular weight is 458 g/mol. The van der Waals surface area contributed by atoms with Gasteiger partial charge < -0.3 is 9.80 Å². The minimum atomic E-state index is 0.0785. The fourth-order valence-corrected chi connectivity index (χ4v) is 5.27. The van der Waals surface area contributed by atoms with E-state index in [4.69, 9.17) is 21.7 Å². The quantitative estimate of drug-likeness (QED) is 0.574. The van der Waals surface area contributed by atoms with E-state index in [0.717, 1.165) is 77.5 Å². The van der Waals surface area contributed by atoms with Crippen molar-refractivity contribution in [2.75, 3.05) is 32.7 Å². The zero-order valence-electron chi connectivity index (χ0n) is 18.5. The molecule has 1 aliphatic heterocycles. The molecule has 1 aliphatic rings. The number of nitrogens with zero attached hydrogens (tertiary/aromatic N) is 5. The summed E-state index contributed by atoms with van der Waals surface area (Å²) in [5, 5.41) is 6.24. The maximum Gasteiger partial charge on any atom is 0.266 e. The van der Waals surface area contributed by atoms with E-state index in [2.05, 4.69) is 11.8 Å². The van der Waals surface area contributed by atoms with Crippen LogP contribution in [0, 0.1) is 20.8 Å². The lowest BCUT2D eigenvalue weighted by atomic mass is 10.0. The zero-order valence-corrected chi connectivity index (χ0v) is 20.1. The van der Waals surface area contributed by atoms with E-state index in [1.807, 2.05) is 54.6 Å². The molecule has 1 amide bonds. The third-order valence-corrected chi connectivity index (χ3v) is 7.52. The molecular weight excluding hydrogens is 430 g/mol. The summed E-state index contributed by atoms with van der Waals surface area (Å²) in [5.41, 5.74) is 4.97. The maximum absolute atomic E-state index is 13.1. The van der Waals surface area contributed by atoms with Crippen molar-refractivity contribution in [2.24, 2.45) is 0 Å². The number of amides is 1. The summed E-state index contributed by atoms with van der Waals surface area (Å²) < 4.78 is 1.87. The van der Waals surface area contributed by atoms with Crippen molar-refractivity contribution in [2.45, 2.75) is 34.1 Å². The molecule has 3 heterocycles. The predicted octanol–water partition coefficient (Wildman–Crippen LogP) is 4.28. The number of rotatable bonds is 5. The Morgan fingerprint density at radius 3 is 2.48 bits per heavy atom. The second-order valence-corrected chi connectivity index (χ2v) is 9.35. The van der Waals surface area contributed by atoms with E-state index in [-0.39, 0.29) is 5.91 Å². The molecule has 1 aromatic carbocycles. The van der Waals surface area contributed by atoms with Crippen molar-refractivity contribution < 1.29 is 4.79 Å². The summed E-state index contributed by atoms with van der Waals surface area (Å²) in [5.74, 6) is 0.0785. The molecule has 2 aromatic heterocycles. The van der Waals surface area contributed by atoms with Gasteiger partial charge in [-0.3, -0.25) is 4.79 Å². The molecule has 3 aromatic rings. The number of halogens is 1. The Balaban J connectivity index is 1.59. The SMILES string of the molecule is CCN1CCN(C(=O)c2sc(-n3nc(C)c(Cc4ccccc4Cl)c3C)nc2C)CC1. The van der Waals surface area contributed by atoms with Gasteiger partial charge in [0.25, 0.3) is 5.91 Å². The molecule has 0 bridgehead atoms. The van der Waals surface area contributed by atoms with Crippen molar-refractivity contribution in [1.82, 2.24) is 24.6 Å². The fraction of sp³-hybridized carbons (Fsp3) is 0.435. The van der Waals surface area contributed by atoms with Gasteiger partial charge in [0.2, 0.25) is 5.13 Å². The lowest BCUT2D eigenvalue weighted by Gasteiger charge is -2.33. The number of hydrogen-bond acceptors (Lipinski definition) is 5. The Labute approximate surface area is 192 Å². The van der Waals surface area contributed by atoms with Gasteiger partial charge in [-0.15, -0.1) is 0 Å². The van der Waals surface area contributed by atoms with Gasteiger partial charge in [-0.05, 0) is 38.9 Å². The van der Waals surface area contributed by atoms with Crippen molar-refractivity contribution in [3.8, 4) is 5.13 Å². The highest BCUT2D eigenvalue weighted by molar-refractivity contribution is 7.16. The Morgan fingerprint density at radius 2 is 1.81 bits per heavy atom. The molecule has 0 aliphatic carbocycles. The minimum Gasteiger partial charge on any atom is -0.335 e. The molecule has 0 radical (unpaired) electrons. The van der Waals surface area contributed by atoms with Crippen LogP contribution in [0.3, 0.4) is 0 Å². The number of benzene rings is 1. The maximum atomic E-state index is 13.1. The number of thiazole rings is 1. The van der Waals surface area contributed by atoms with Crippen LogP contribution in [0.15, 0.2) is 24.3 Å². The van der Waals surface area contributed by atoms with E-state index in [0.29, 0.717) is 4.88 Å². The summed E-state index contributed by atoms with van der Waals surface area (Å²) in [7, 11) is 0. The van der Waals surface area contributed by atoms with Gasteiger partial charge in [-0.2, -0.15) is 5.10 Å². The van der Waals surface area contributed by atoms with Crippen LogP contribution < -0.4 is 0 Å². The summed E-state index contributed by atoms with van der Waals surface area (Å²) in [6.45, 7) is 12.5. The first-order chi connectivity index (χ1) is 14.9. The third kappa shape index (κ3) is 4.40. The second kappa shape index (κ2) is 9.10. The molecule has 4 rings (SSSR count). The van der Waals surface area contributed by atoms with Crippen LogP contribution in [0.2, 0.25) is 5.02 Å². The van der Waals surface area contributed by atoms with Gasteiger partial charge in [-0.25, -0.2) is 9.67 Å². The van der Waals surface area contributed by atoms with Crippen molar-refractivity contribution in [3.05, 3.63) is 62.4 Å². The Morgan fingerprint density at radius 1 is 1.10 bits per heavy atom. The highest BCUT2D eigenvalue weighted by atomic mass is 35.5. The highest BCUT2D eigenvalue weighted by Gasteiger charge is 2.26. The molecule has 0 N–H and O–H groups in total. The molecule has 0 atom stereocenters. The number of carbonyl (C=O) groups excluding carboxylic acids is 1. The van der Waals surface area contributed by atoms with Gasteiger partial charge in [0, 0.05) is 48.9 Å². The lowest BCUT2D eigenvalue weighted by Crippen LogP contribution is -2.48. The monoisotopic (exact) mass is 457 g/mol. The van der Waals surface area contributed by atoms with Gasteiger partial charge >= 0.3 is 0 Å². The summed E-state index contributed by atoms with van der Waals surface area (Å²) in [6, 6.07) is 7.89. The van der Waals surface area contributed by atoms with Crippen LogP contribution in [0.5, 0.6) is 0 Å². The number of aromatic nitrogens is 3. The first-order valence-electron chi connectivity index (χ1n) is 10.7. The number of hydrogen-bond donors (Lipinski definition) is 0. The van der Waals surface area contributed by atoms with Crippen molar-refractivity contribution in [3.63, 3.8) is 0 Å². The fourth-order valence-electron chi connectivity index (χ4n) is 4.03. The molecule has 31 heavy (non-hydrogen) atoms. The standard InChI is InChI=1S/C23H28ClN5OS/c1-5-27-10-12-28(13-11-27)22(30)21-16(3)25-23(31-21)29-17(4)19(15(2)26-29)14-18-8-6-7-9-20(18)24/h6-9H,5,10-14H2,1-4H3. The largest absolute Gasteiger partial charge is 0.335 e. The number of carbonyl (C=O) groups is 1. The van der Waals surface area contributed by atoms with Crippen LogP contribution in [-0.4, -0.2) is 63.2 Å². The van der Waals surface area contributed by atoms with Crippen molar-refractivity contribution in [1.29, 1.82) is 0 Å². The van der Waals surface area contributed by atoms with Crippen molar-refractivity contribution >= 4 is 28.8 Å². The molecule has 1 saturated heterocycles. The van der Waals surface area contributed by atoms with Gasteiger partial charge in [-0.1, -0.05) is 48.1 Å². The zero-order chi connectivity index (χ0) is 22.1. The number of aryl methyl sites for hydroxylation is 2. The molecule has 0 spiro atoms. The van der Waals surface area contributed by atoms with Gasteiger partial charge in [0.1, 0.15) is 4.88 Å². The molecule has 164 valence electrons. The smallest absolute Gasteiger partial charge is 0.266 e. The minimum absolute atomic E-state index is 0.0785. The molecule has 0 saturated carbocycles. The van der Waals surface area contributed by atoms with E-state index >= 15 is 0 Å². The molecule has 8 heteroatoms. The summed E-state index contributed by atoms with van der Waals surface area (Å²) in [6.07, 6.45) is 0.717. The van der Waals surface area contributed by atoms with E-state index in [1.165, 1.54) is 11.3 Å². The Bertz CT molecular complexity index is 1100. The Kier molecular flexibility index (Phi) is 6.46. The molecule has 6 nitrogen and oxygen atoms in total. The first kappa shape index (κ1) is 22.0. The number of piperazine rings is 1. The third-order valence-electron chi connectivity index (χ3n) is 6.03. The second-order valence-electron chi connectivity index (χ2n) is 7.97. The van der Waals surface area contributed by atoms with E-state index in [9.17, 15) is 4.79 Å². The highest BCUT2D eigenvalue weighted by Crippen LogP contribution is 2.28. The summed E-state index contributed by atoms with van der Waals surface area (Å²) >= 11 is 7.80. The average Bonchev–Trinajstić information content (AvgIpc) is 3.29. The van der Waals surface area contributed by atoms with Crippen LogP contribution in [0.25, 0.3) is 5.13 Å². The summed E-state index contributed by atoms with van der Waals surface area (Å²) in [4.78, 5) is 22.9. The number of likely N-dealkylation sites (N-methyl/N-ethyl adjacent to an activating group) is 1. The Hall–Kier alpha value is -2.22. The van der Waals surface area contributed by atoms with Crippen LogP contribution in [-0.2, 0) is 6.42 Å². The van der Waals surface area contributed by atoms with E-state index in [1.54, 1.807) is 0 Å². The molecule has 1 fully saturated rings.